The molecule has 0 saturated heterocycles. The Morgan fingerprint density at radius 2 is 0.708 bits per heavy atom. The van der Waals surface area contributed by atoms with E-state index < -0.39 is 12.1 Å². The van der Waals surface area contributed by atoms with Crippen molar-refractivity contribution < 1.29 is 24.5 Å². The van der Waals surface area contributed by atoms with Gasteiger partial charge in [-0.05, 0) is 32.1 Å². The number of carbonyl (C=O) groups is 2. The number of aliphatic hydroxyl groups excluding tert-OH is 2. The predicted molar refractivity (Wildman–Crippen MR) is 283 cm³/mol. The molecule has 0 aromatic carbocycles. The van der Waals surface area contributed by atoms with Crippen molar-refractivity contribution in [2.75, 3.05) is 13.2 Å². The molecule has 0 aliphatic heterocycles. The lowest BCUT2D eigenvalue weighted by molar-refractivity contribution is -0.143. The van der Waals surface area contributed by atoms with Crippen LogP contribution in [0.25, 0.3) is 0 Å². The molecule has 0 aliphatic rings. The van der Waals surface area contributed by atoms with Crippen LogP contribution in [0.2, 0.25) is 0 Å². The number of nitrogens with one attached hydrogen (secondary N) is 1. The monoisotopic (exact) mass is 918 g/mol. The molecule has 6 heteroatoms. The quantitative estimate of drug-likeness (QED) is 0.0321. The fourth-order valence-electron chi connectivity index (χ4n) is 9.28. The average molecular weight is 919 g/mol. The largest absolute Gasteiger partial charge is 0.466 e. The minimum absolute atomic E-state index is 0.0186. The van der Waals surface area contributed by atoms with Crippen molar-refractivity contribution in [3.8, 4) is 0 Å². The summed E-state index contributed by atoms with van der Waals surface area (Å²) in [5, 5.41) is 22.9. The molecule has 0 aliphatic carbocycles. The summed E-state index contributed by atoms with van der Waals surface area (Å²) in [5.41, 5.74) is 0. The fraction of sp³-hybridized carbons (Fsp3) is 0.932. The smallest absolute Gasteiger partial charge is 0.305 e. The van der Waals surface area contributed by atoms with Gasteiger partial charge >= 0.3 is 5.97 Å². The molecule has 2 atom stereocenters. The second kappa shape index (κ2) is 55.2. The Balaban J connectivity index is 3.32. The van der Waals surface area contributed by atoms with E-state index >= 15 is 0 Å². The van der Waals surface area contributed by atoms with Gasteiger partial charge in [-0.2, -0.15) is 0 Å². The van der Waals surface area contributed by atoms with Crippen molar-refractivity contribution in [1.82, 2.24) is 5.32 Å². The summed E-state index contributed by atoms with van der Waals surface area (Å²) >= 11 is 0. The van der Waals surface area contributed by atoms with Gasteiger partial charge < -0.3 is 20.3 Å². The third-order valence-electron chi connectivity index (χ3n) is 13.8. The Bertz CT molecular complexity index is 970. The summed E-state index contributed by atoms with van der Waals surface area (Å²) < 4.78 is 5.48. The highest BCUT2D eigenvalue weighted by molar-refractivity contribution is 5.76. The van der Waals surface area contributed by atoms with Crippen molar-refractivity contribution in [3.63, 3.8) is 0 Å². The van der Waals surface area contributed by atoms with Gasteiger partial charge in [-0.25, -0.2) is 0 Å². The second-order valence-electron chi connectivity index (χ2n) is 20.3. The van der Waals surface area contributed by atoms with E-state index in [1.54, 1.807) is 6.08 Å². The van der Waals surface area contributed by atoms with Crippen LogP contribution < -0.4 is 5.32 Å². The highest BCUT2D eigenvalue weighted by Gasteiger charge is 2.18. The Hall–Kier alpha value is -1.40. The molecule has 65 heavy (non-hydrogen) atoms. The first-order valence-electron chi connectivity index (χ1n) is 29.5. The van der Waals surface area contributed by atoms with E-state index in [2.05, 4.69) is 19.2 Å². The van der Waals surface area contributed by atoms with Crippen LogP contribution >= 0.6 is 0 Å². The maximum Gasteiger partial charge on any atom is 0.305 e. The number of esters is 1. The predicted octanol–water partition coefficient (Wildman–Crippen LogP) is 18.1. The minimum Gasteiger partial charge on any atom is -0.466 e. The van der Waals surface area contributed by atoms with Gasteiger partial charge in [0.15, 0.2) is 0 Å². The maximum atomic E-state index is 12.4. The van der Waals surface area contributed by atoms with Gasteiger partial charge in [0, 0.05) is 12.8 Å². The molecule has 0 aromatic rings. The molecule has 3 N–H and O–H groups in total. The fourth-order valence-corrected chi connectivity index (χ4v) is 9.28. The minimum atomic E-state index is -0.839. The Labute approximate surface area is 406 Å². The number of hydrogen-bond acceptors (Lipinski definition) is 5. The first-order chi connectivity index (χ1) is 32.0. The van der Waals surface area contributed by atoms with Crippen LogP contribution in [-0.4, -0.2) is 47.4 Å². The molecule has 0 heterocycles. The Kier molecular flexibility index (Phi) is 54.0. The Morgan fingerprint density at radius 1 is 0.415 bits per heavy atom. The van der Waals surface area contributed by atoms with Crippen LogP contribution in [0.4, 0.5) is 0 Å². The number of allylic oxidation sites excluding steroid dienone is 1. The van der Waals surface area contributed by atoms with Gasteiger partial charge in [0.2, 0.25) is 5.91 Å². The van der Waals surface area contributed by atoms with Crippen molar-refractivity contribution in [2.45, 2.75) is 341 Å². The van der Waals surface area contributed by atoms with Crippen LogP contribution in [-0.2, 0) is 14.3 Å². The SMILES string of the molecule is CCCCCCCCC/C=C/C(O)C(CO)NC(=O)CCCCCCCCCCCCCCCCCCCCCCCCCCCCOC(=O)CCCCCCCCCCCCCCC. The summed E-state index contributed by atoms with van der Waals surface area (Å²) in [6.07, 6.45) is 65.5. The second-order valence-corrected chi connectivity index (χ2v) is 20.3. The summed E-state index contributed by atoms with van der Waals surface area (Å²) in [6.45, 7) is 4.89. The van der Waals surface area contributed by atoms with Gasteiger partial charge in [-0.15, -0.1) is 0 Å². The molecule has 0 fully saturated rings. The lowest BCUT2D eigenvalue weighted by Gasteiger charge is -2.20. The Morgan fingerprint density at radius 3 is 1.05 bits per heavy atom. The molecular formula is C59H115NO5. The number of unbranched alkanes of at least 4 members (excludes halogenated alkanes) is 44. The zero-order valence-electron chi connectivity index (χ0n) is 44.0. The normalized spacial score (nSPS) is 12.6. The number of hydrogen-bond donors (Lipinski definition) is 3. The molecule has 0 aromatic heterocycles. The molecule has 386 valence electrons. The van der Waals surface area contributed by atoms with Gasteiger partial charge in [0.1, 0.15) is 0 Å². The molecule has 6 nitrogen and oxygen atoms in total. The average Bonchev–Trinajstić information content (AvgIpc) is 3.31. The van der Waals surface area contributed by atoms with Crippen molar-refractivity contribution in [3.05, 3.63) is 12.2 Å². The first kappa shape index (κ1) is 63.6. The third-order valence-corrected chi connectivity index (χ3v) is 13.8. The number of ether oxygens (including phenoxy) is 1. The lowest BCUT2D eigenvalue weighted by atomic mass is 10.0. The zero-order chi connectivity index (χ0) is 47.2. The van der Waals surface area contributed by atoms with Gasteiger partial charge in [0.05, 0.1) is 25.4 Å². The number of aliphatic hydroxyl groups is 2. The van der Waals surface area contributed by atoms with Crippen LogP contribution in [0.3, 0.4) is 0 Å². The van der Waals surface area contributed by atoms with Crippen molar-refractivity contribution in [2.24, 2.45) is 0 Å². The van der Waals surface area contributed by atoms with E-state index in [4.69, 9.17) is 4.74 Å². The van der Waals surface area contributed by atoms with Gasteiger partial charge in [-0.1, -0.05) is 296 Å². The van der Waals surface area contributed by atoms with E-state index in [9.17, 15) is 19.8 Å². The van der Waals surface area contributed by atoms with E-state index in [-0.39, 0.29) is 18.5 Å². The molecule has 2 unspecified atom stereocenters. The highest BCUT2D eigenvalue weighted by Crippen LogP contribution is 2.18. The van der Waals surface area contributed by atoms with E-state index in [1.165, 1.54) is 263 Å². The van der Waals surface area contributed by atoms with Crippen molar-refractivity contribution in [1.29, 1.82) is 0 Å². The van der Waals surface area contributed by atoms with E-state index in [0.717, 1.165) is 38.5 Å². The zero-order valence-corrected chi connectivity index (χ0v) is 44.0. The number of amides is 1. The number of rotatable bonds is 55. The molecule has 0 rings (SSSR count). The molecule has 0 radical (unpaired) electrons. The molecule has 0 bridgehead atoms. The highest BCUT2D eigenvalue weighted by atomic mass is 16.5. The standard InChI is InChI=1S/C59H115NO5/c1-3-5-7-9-11-13-14-29-33-37-41-45-49-53-59(64)65-54-50-46-42-38-34-31-28-26-24-22-20-18-16-15-17-19-21-23-25-27-30-32-36-40-44-48-52-58(63)60-56(55-61)57(62)51-47-43-39-35-12-10-8-6-4-2/h47,51,56-57,61-62H,3-46,48-50,52-55H2,1-2H3,(H,60,63)/b51-47+. The van der Waals surface area contributed by atoms with E-state index in [1.807, 2.05) is 6.08 Å². The first-order valence-corrected chi connectivity index (χ1v) is 29.5. The van der Waals surface area contributed by atoms with Crippen molar-refractivity contribution >= 4 is 11.9 Å². The van der Waals surface area contributed by atoms with Crippen LogP contribution in [0.15, 0.2) is 12.2 Å². The van der Waals surface area contributed by atoms with E-state index in [0.29, 0.717) is 19.4 Å². The van der Waals surface area contributed by atoms with Crippen LogP contribution in [0.1, 0.15) is 328 Å². The third kappa shape index (κ3) is 51.8. The summed E-state index contributed by atoms with van der Waals surface area (Å²) in [7, 11) is 0. The van der Waals surface area contributed by atoms with Gasteiger partial charge in [-0.3, -0.25) is 9.59 Å². The summed E-state index contributed by atoms with van der Waals surface area (Å²) in [4.78, 5) is 24.4. The number of carbonyl (C=O) groups excluding carboxylic acids is 2. The molecular weight excluding hydrogens is 803 g/mol. The molecule has 1 amide bonds. The summed E-state index contributed by atoms with van der Waals surface area (Å²) in [5.74, 6) is -0.0487. The van der Waals surface area contributed by atoms with Crippen LogP contribution in [0.5, 0.6) is 0 Å². The summed E-state index contributed by atoms with van der Waals surface area (Å²) in [6, 6.07) is -0.623. The topological polar surface area (TPSA) is 95.9 Å². The maximum absolute atomic E-state index is 12.4. The lowest BCUT2D eigenvalue weighted by Crippen LogP contribution is -2.45. The molecule has 0 spiro atoms. The van der Waals surface area contributed by atoms with Gasteiger partial charge in [0.25, 0.3) is 0 Å². The molecule has 0 saturated carbocycles. The van der Waals surface area contributed by atoms with Crippen LogP contribution in [0, 0.1) is 0 Å².